The SMILES string of the molecule is COc1cc(NS(=O)(=O)c2ccc(B3OC(C)(C)C(C)(C)O3)cc2)ccc1F. The van der Waals surface area contributed by atoms with E-state index in [0.717, 1.165) is 11.5 Å². The van der Waals surface area contributed by atoms with Crippen LogP contribution in [0.2, 0.25) is 0 Å². The van der Waals surface area contributed by atoms with E-state index in [-0.39, 0.29) is 16.3 Å². The average Bonchev–Trinajstić information content (AvgIpc) is 2.84. The molecule has 0 bridgehead atoms. The number of ether oxygens (including phenoxy) is 1. The normalized spacial score (nSPS) is 18.1. The number of anilines is 1. The molecule has 2 aromatic rings. The third-order valence-electron chi connectivity index (χ3n) is 5.12. The van der Waals surface area contributed by atoms with Crippen molar-refractivity contribution >= 4 is 28.3 Å². The van der Waals surface area contributed by atoms with Crippen LogP contribution in [0.1, 0.15) is 27.7 Å². The molecule has 0 saturated carbocycles. The zero-order valence-corrected chi connectivity index (χ0v) is 17.3. The lowest BCUT2D eigenvalue weighted by atomic mass is 9.79. The first kappa shape index (κ1) is 20.6. The molecule has 150 valence electrons. The van der Waals surface area contributed by atoms with E-state index >= 15 is 0 Å². The van der Waals surface area contributed by atoms with Crippen molar-refractivity contribution in [3.8, 4) is 5.75 Å². The van der Waals surface area contributed by atoms with Gasteiger partial charge in [0.05, 0.1) is 28.9 Å². The largest absolute Gasteiger partial charge is 0.494 e. The Hall–Kier alpha value is -2.10. The highest BCUT2D eigenvalue weighted by Gasteiger charge is 2.51. The Morgan fingerprint density at radius 2 is 1.57 bits per heavy atom. The number of methoxy groups -OCH3 is 1. The molecule has 0 atom stereocenters. The minimum Gasteiger partial charge on any atom is -0.494 e. The van der Waals surface area contributed by atoms with Crippen LogP contribution in [0.15, 0.2) is 47.4 Å². The van der Waals surface area contributed by atoms with Gasteiger partial charge in [0.1, 0.15) is 0 Å². The number of nitrogens with one attached hydrogen (secondary N) is 1. The second-order valence-corrected chi connectivity index (χ2v) is 9.29. The zero-order chi connectivity index (χ0) is 20.7. The molecule has 2 aromatic carbocycles. The van der Waals surface area contributed by atoms with Crippen molar-refractivity contribution in [2.45, 2.75) is 43.8 Å². The summed E-state index contributed by atoms with van der Waals surface area (Å²) in [5.74, 6) is -0.617. The number of hydrogen-bond donors (Lipinski definition) is 1. The number of hydrogen-bond acceptors (Lipinski definition) is 5. The molecule has 3 rings (SSSR count). The van der Waals surface area contributed by atoms with Crippen LogP contribution in [0.4, 0.5) is 10.1 Å². The van der Waals surface area contributed by atoms with E-state index < -0.39 is 34.2 Å². The van der Waals surface area contributed by atoms with E-state index in [1.54, 1.807) is 12.1 Å². The van der Waals surface area contributed by atoms with Gasteiger partial charge in [-0.05, 0) is 57.4 Å². The minimum atomic E-state index is -3.85. The Balaban J connectivity index is 1.79. The molecule has 0 radical (unpaired) electrons. The summed E-state index contributed by atoms with van der Waals surface area (Å²) in [5.41, 5.74) is -0.0358. The zero-order valence-electron chi connectivity index (χ0n) is 16.4. The first-order valence-corrected chi connectivity index (χ1v) is 10.3. The number of sulfonamides is 1. The van der Waals surface area contributed by atoms with E-state index in [0.29, 0.717) is 0 Å². The van der Waals surface area contributed by atoms with Crippen LogP contribution in [-0.4, -0.2) is 33.8 Å². The van der Waals surface area contributed by atoms with Gasteiger partial charge in [0.15, 0.2) is 11.6 Å². The van der Waals surface area contributed by atoms with Gasteiger partial charge in [0.2, 0.25) is 0 Å². The van der Waals surface area contributed by atoms with Crippen LogP contribution in [0.3, 0.4) is 0 Å². The highest BCUT2D eigenvalue weighted by Crippen LogP contribution is 2.36. The summed E-state index contributed by atoms with van der Waals surface area (Å²) in [7, 11) is -3.11. The maximum atomic E-state index is 13.5. The van der Waals surface area contributed by atoms with Gasteiger partial charge in [0.25, 0.3) is 10.0 Å². The van der Waals surface area contributed by atoms with Gasteiger partial charge in [-0.25, -0.2) is 12.8 Å². The van der Waals surface area contributed by atoms with Crippen LogP contribution in [0.25, 0.3) is 0 Å². The van der Waals surface area contributed by atoms with Crippen LogP contribution in [-0.2, 0) is 19.3 Å². The summed E-state index contributed by atoms with van der Waals surface area (Å²) >= 11 is 0. The van der Waals surface area contributed by atoms with E-state index in [9.17, 15) is 12.8 Å². The van der Waals surface area contributed by atoms with Crippen molar-refractivity contribution in [1.82, 2.24) is 0 Å². The fourth-order valence-corrected chi connectivity index (χ4v) is 3.77. The quantitative estimate of drug-likeness (QED) is 0.772. The molecule has 0 aromatic heterocycles. The van der Waals surface area contributed by atoms with Gasteiger partial charge in [-0.15, -0.1) is 0 Å². The standard InChI is InChI=1S/C19H23BFNO5S/c1-18(2)19(3,4)27-20(26-18)13-6-9-15(10-7-13)28(23,24)22-14-8-11-16(21)17(12-14)25-5/h6-12,22H,1-5H3. The fourth-order valence-electron chi connectivity index (χ4n) is 2.72. The molecular formula is C19H23BFNO5S. The van der Waals surface area contributed by atoms with Crippen molar-refractivity contribution in [2.24, 2.45) is 0 Å². The molecule has 6 nitrogen and oxygen atoms in total. The van der Waals surface area contributed by atoms with E-state index in [2.05, 4.69) is 4.72 Å². The molecule has 1 aliphatic heterocycles. The summed E-state index contributed by atoms with van der Waals surface area (Å²) in [4.78, 5) is 0.0658. The van der Waals surface area contributed by atoms with Crippen molar-refractivity contribution in [2.75, 3.05) is 11.8 Å². The first-order chi connectivity index (χ1) is 12.9. The Labute approximate surface area is 165 Å². The average molecular weight is 407 g/mol. The molecular weight excluding hydrogens is 384 g/mol. The Morgan fingerprint density at radius 1 is 1.00 bits per heavy atom. The molecule has 0 unspecified atom stereocenters. The Morgan fingerprint density at radius 3 is 2.11 bits per heavy atom. The molecule has 0 aliphatic carbocycles. The molecule has 0 spiro atoms. The summed E-state index contributed by atoms with van der Waals surface area (Å²) in [6.07, 6.45) is 0. The number of rotatable bonds is 5. The predicted octanol–water partition coefficient (Wildman–Crippen LogP) is 2.93. The van der Waals surface area contributed by atoms with Gasteiger partial charge in [-0.3, -0.25) is 4.72 Å². The smallest absolute Gasteiger partial charge is 0.494 e. The van der Waals surface area contributed by atoms with Gasteiger partial charge < -0.3 is 14.0 Å². The van der Waals surface area contributed by atoms with Crippen LogP contribution < -0.4 is 14.9 Å². The van der Waals surface area contributed by atoms with Gasteiger partial charge in [-0.2, -0.15) is 0 Å². The third-order valence-corrected chi connectivity index (χ3v) is 6.52. The summed E-state index contributed by atoms with van der Waals surface area (Å²) in [5, 5.41) is 0. The van der Waals surface area contributed by atoms with Crippen LogP contribution in [0.5, 0.6) is 5.75 Å². The number of halogens is 1. The van der Waals surface area contributed by atoms with Crippen LogP contribution >= 0.6 is 0 Å². The van der Waals surface area contributed by atoms with Crippen LogP contribution in [0, 0.1) is 5.82 Å². The highest BCUT2D eigenvalue weighted by molar-refractivity contribution is 7.92. The molecule has 1 saturated heterocycles. The van der Waals surface area contributed by atoms with Gasteiger partial charge in [-0.1, -0.05) is 12.1 Å². The lowest BCUT2D eigenvalue weighted by Gasteiger charge is -2.32. The predicted molar refractivity (Wildman–Crippen MR) is 106 cm³/mol. The maximum absolute atomic E-state index is 13.5. The fraction of sp³-hybridized carbons (Fsp3) is 0.368. The Bertz CT molecular complexity index is 960. The Kier molecular flexibility index (Phi) is 5.20. The van der Waals surface area contributed by atoms with Crippen molar-refractivity contribution in [1.29, 1.82) is 0 Å². The van der Waals surface area contributed by atoms with E-state index in [4.69, 9.17) is 14.0 Å². The molecule has 9 heteroatoms. The van der Waals surface area contributed by atoms with E-state index in [1.165, 1.54) is 31.4 Å². The molecule has 1 heterocycles. The summed E-state index contributed by atoms with van der Waals surface area (Å²) < 4.78 is 58.0. The summed E-state index contributed by atoms with van der Waals surface area (Å²) in [6.45, 7) is 7.80. The topological polar surface area (TPSA) is 73.9 Å². The second-order valence-electron chi connectivity index (χ2n) is 7.61. The summed E-state index contributed by atoms with van der Waals surface area (Å²) in [6, 6.07) is 10.0. The molecule has 0 amide bonds. The lowest BCUT2D eigenvalue weighted by molar-refractivity contribution is 0.00578. The molecule has 1 fully saturated rings. The van der Waals surface area contributed by atoms with E-state index in [1.807, 2.05) is 27.7 Å². The molecule has 1 aliphatic rings. The van der Waals surface area contributed by atoms with Gasteiger partial charge >= 0.3 is 7.12 Å². The highest BCUT2D eigenvalue weighted by atomic mass is 32.2. The monoisotopic (exact) mass is 407 g/mol. The second kappa shape index (κ2) is 7.06. The van der Waals surface area contributed by atoms with Gasteiger partial charge in [0, 0.05) is 6.07 Å². The van der Waals surface area contributed by atoms with Crippen molar-refractivity contribution < 1.29 is 26.9 Å². The maximum Gasteiger partial charge on any atom is 0.494 e. The minimum absolute atomic E-state index is 0.0451. The van der Waals surface area contributed by atoms with Crippen molar-refractivity contribution in [3.05, 3.63) is 48.3 Å². The third kappa shape index (κ3) is 3.87. The first-order valence-electron chi connectivity index (χ1n) is 8.77. The van der Waals surface area contributed by atoms with Crippen molar-refractivity contribution in [3.63, 3.8) is 0 Å². The molecule has 28 heavy (non-hydrogen) atoms. The lowest BCUT2D eigenvalue weighted by Crippen LogP contribution is -2.41. The molecule has 1 N–H and O–H groups in total. The number of benzene rings is 2.